The van der Waals surface area contributed by atoms with Gasteiger partial charge in [0.1, 0.15) is 0 Å². The predicted molar refractivity (Wildman–Crippen MR) is 79.0 cm³/mol. The molecule has 0 aromatic heterocycles. The highest BCUT2D eigenvalue weighted by molar-refractivity contribution is 5.99. The molecule has 4 nitrogen and oxygen atoms in total. The summed E-state index contributed by atoms with van der Waals surface area (Å²) in [6.07, 6.45) is 3.60. The number of hydrogen-bond donors (Lipinski definition) is 3. The Kier molecular flexibility index (Phi) is 3.98. The molecule has 0 saturated heterocycles. The maximum absolute atomic E-state index is 11.5. The molecular weight excluding hydrogens is 238 g/mol. The normalized spacial score (nSPS) is 26.3. The summed E-state index contributed by atoms with van der Waals surface area (Å²) in [5, 5.41) is 3.48. The topological polar surface area (TPSA) is 81.1 Å². The fraction of sp³-hybridized carbons (Fsp3) is 0.533. The molecule has 3 atom stereocenters. The van der Waals surface area contributed by atoms with Gasteiger partial charge in [-0.1, -0.05) is 20.3 Å². The summed E-state index contributed by atoms with van der Waals surface area (Å²) < 4.78 is 0. The minimum atomic E-state index is -0.438. The van der Waals surface area contributed by atoms with Gasteiger partial charge in [0.05, 0.1) is 5.56 Å². The molecule has 0 aliphatic heterocycles. The smallest absolute Gasteiger partial charge is 0.250 e. The second kappa shape index (κ2) is 5.51. The zero-order valence-corrected chi connectivity index (χ0v) is 11.6. The molecule has 2 rings (SSSR count). The number of benzene rings is 1. The third-order valence-electron chi connectivity index (χ3n) is 4.40. The minimum absolute atomic E-state index is 0.409. The molecule has 0 bridgehead atoms. The van der Waals surface area contributed by atoms with Gasteiger partial charge < -0.3 is 16.8 Å². The molecule has 1 saturated carbocycles. The first-order chi connectivity index (χ1) is 9.02. The van der Waals surface area contributed by atoms with E-state index in [1.54, 1.807) is 12.1 Å². The van der Waals surface area contributed by atoms with Crippen molar-refractivity contribution >= 4 is 17.3 Å². The van der Waals surface area contributed by atoms with Gasteiger partial charge in [0.15, 0.2) is 0 Å². The first-order valence-electron chi connectivity index (χ1n) is 6.98. The summed E-state index contributed by atoms with van der Waals surface area (Å²) in [6, 6.07) is 5.70. The van der Waals surface area contributed by atoms with Gasteiger partial charge in [0, 0.05) is 17.4 Å². The van der Waals surface area contributed by atoms with Crippen molar-refractivity contribution < 1.29 is 4.79 Å². The van der Waals surface area contributed by atoms with Crippen LogP contribution in [0, 0.1) is 11.8 Å². The van der Waals surface area contributed by atoms with Gasteiger partial charge in [-0.25, -0.2) is 0 Å². The maximum atomic E-state index is 11.5. The summed E-state index contributed by atoms with van der Waals surface area (Å²) in [5.74, 6) is 0.944. The zero-order valence-electron chi connectivity index (χ0n) is 11.6. The van der Waals surface area contributed by atoms with Crippen LogP contribution in [0.25, 0.3) is 0 Å². The predicted octanol–water partition coefficient (Wildman–Crippen LogP) is 2.60. The molecule has 3 unspecified atom stereocenters. The third-order valence-corrected chi connectivity index (χ3v) is 4.40. The van der Waals surface area contributed by atoms with Crippen molar-refractivity contribution in [1.82, 2.24) is 0 Å². The highest BCUT2D eigenvalue weighted by atomic mass is 16.1. The van der Waals surface area contributed by atoms with Crippen molar-refractivity contribution in [2.24, 2.45) is 17.6 Å². The maximum Gasteiger partial charge on any atom is 0.250 e. The minimum Gasteiger partial charge on any atom is -0.399 e. The van der Waals surface area contributed by atoms with Crippen molar-refractivity contribution in [2.75, 3.05) is 11.1 Å². The molecule has 0 radical (unpaired) electrons. The van der Waals surface area contributed by atoms with Crippen LogP contribution in [0.3, 0.4) is 0 Å². The quantitative estimate of drug-likeness (QED) is 0.729. The summed E-state index contributed by atoms with van der Waals surface area (Å²) in [6.45, 7) is 4.52. The van der Waals surface area contributed by atoms with Crippen molar-refractivity contribution in [3.8, 4) is 0 Å². The number of nitrogens with two attached hydrogens (primary N) is 2. The number of nitrogen functional groups attached to an aromatic ring is 1. The van der Waals surface area contributed by atoms with Crippen LogP contribution in [-0.2, 0) is 0 Å². The van der Waals surface area contributed by atoms with E-state index >= 15 is 0 Å². The molecule has 19 heavy (non-hydrogen) atoms. The molecular formula is C15H23N3O. The molecule has 1 aromatic carbocycles. The lowest BCUT2D eigenvalue weighted by molar-refractivity contribution is 0.100. The van der Waals surface area contributed by atoms with E-state index in [1.165, 1.54) is 12.8 Å². The van der Waals surface area contributed by atoms with Crippen molar-refractivity contribution in [2.45, 2.75) is 39.2 Å². The fourth-order valence-corrected chi connectivity index (χ4v) is 3.12. The van der Waals surface area contributed by atoms with Crippen molar-refractivity contribution in [3.63, 3.8) is 0 Å². The molecule has 1 amide bonds. The van der Waals surface area contributed by atoms with Gasteiger partial charge in [0.25, 0.3) is 5.91 Å². The highest BCUT2D eigenvalue weighted by Crippen LogP contribution is 2.36. The lowest BCUT2D eigenvalue weighted by Gasteiger charge is -2.23. The Bertz CT molecular complexity index is 472. The van der Waals surface area contributed by atoms with E-state index in [0.717, 1.165) is 18.0 Å². The molecule has 104 valence electrons. The van der Waals surface area contributed by atoms with Crippen LogP contribution in [0.2, 0.25) is 0 Å². The number of rotatable bonds is 4. The number of hydrogen-bond acceptors (Lipinski definition) is 3. The number of amides is 1. The Hall–Kier alpha value is -1.71. The average molecular weight is 261 g/mol. The standard InChI is InChI=1S/C15H23N3O/c1-3-10-4-6-13(9(10)2)18-14-7-5-11(16)8-12(14)15(17)19/h5,7-10,13,18H,3-4,6,16H2,1-2H3,(H2,17,19). The van der Waals surface area contributed by atoms with Crippen LogP contribution in [0.5, 0.6) is 0 Å². The van der Waals surface area contributed by atoms with E-state index in [0.29, 0.717) is 23.2 Å². The molecule has 1 aliphatic rings. The largest absolute Gasteiger partial charge is 0.399 e. The van der Waals surface area contributed by atoms with Crippen LogP contribution in [0.1, 0.15) is 43.5 Å². The summed E-state index contributed by atoms with van der Waals surface area (Å²) in [5.41, 5.74) is 13.0. The van der Waals surface area contributed by atoms with E-state index in [-0.39, 0.29) is 0 Å². The molecule has 1 aliphatic carbocycles. The monoisotopic (exact) mass is 261 g/mol. The van der Waals surface area contributed by atoms with Crippen LogP contribution < -0.4 is 16.8 Å². The lowest BCUT2D eigenvalue weighted by atomic mass is 9.93. The molecule has 0 heterocycles. The zero-order chi connectivity index (χ0) is 14.0. The Labute approximate surface area is 114 Å². The van der Waals surface area contributed by atoms with E-state index in [4.69, 9.17) is 11.5 Å². The molecule has 0 spiro atoms. The summed E-state index contributed by atoms with van der Waals surface area (Å²) in [4.78, 5) is 11.5. The molecule has 1 aromatic rings. The van der Waals surface area contributed by atoms with Crippen LogP contribution in [-0.4, -0.2) is 11.9 Å². The van der Waals surface area contributed by atoms with Gasteiger partial charge in [-0.3, -0.25) is 4.79 Å². The van der Waals surface area contributed by atoms with E-state index in [2.05, 4.69) is 19.2 Å². The number of primary amides is 1. The van der Waals surface area contributed by atoms with Crippen molar-refractivity contribution in [3.05, 3.63) is 23.8 Å². The highest BCUT2D eigenvalue weighted by Gasteiger charge is 2.31. The second-order valence-electron chi connectivity index (χ2n) is 5.52. The first kappa shape index (κ1) is 13.7. The van der Waals surface area contributed by atoms with E-state index in [1.807, 2.05) is 6.07 Å². The summed E-state index contributed by atoms with van der Waals surface area (Å²) >= 11 is 0. The van der Waals surface area contributed by atoms with Crippen LogP contribution in [0.4, 0.5) is 11.4 Å². The number of anilines is 2. The van der Waals surface area contributed by atoms with Gasteiger partial charge in [-0.15, -0.1) is 0 Å². The average Bonchev–Trinajstić information content (AvgIpc) is 2.72. The van der Waals surface area contributed by atoms with Gasteiger partial charge in [-0.05, 0) is 42.9 Å². The SMILES string of the molecule is CCC1CCC(Nc2ccc(N)cc2C(N)=O)C1C. The second-order valence-corrected chi connectivity index (χ2v) is 5.52. The summed E-state index contributed by atoms with van der Waals surface area (Å²) in [7, 11) is 0. The third kappa shape index (κ3) is 2.83. The van der Waals surface area contributed by atoms with Gasteiger partial charge >= 0.3 is 0 Å². The fourth-order valence-electron chi connectivity index (χ4n) is 3.12. The molecule has 1 fully saturated rings. The Balaban J connectivity index is 2.18. The number of carbonyl (C=O) groups is 1. The molecule has 4 heteroatoms. The Morgan fingerprint density at radius 3 is 2.74 bits per heavy atom. The first-order valence-corrected chi connectivity index (χ1v) is 6.98. The lowest BCUT2D eigenvalue weighted by Crippen LogP contribution is -2.26. The van der Waals surface area contributed by atoms with Gasteiger partial charge in [-0.2, -0.15) is 0 Å². The van der Waals surface area contributed by atoms with Gasteiger partial charge in [0.2, 0.25) is 0 Å². The molecule has 5 N–H and O–H groups in total. The Morgan fingerprint density at radius 1 is 1.42 bits per heavy atom. The van der Waals surface area contributed by atoms with E-state index in [9.17, 15) is 4.79 Å². The Morgan fingerprint density at radius 2 is 2.16 bits per heavy atom. The van der Waals surface area contributed by atoms with Crippen LogP contribution >= 0.6 is 0 Å². The number of nitrogens with one attached hydrogen (secondary N) is 1. The van der Waals surface area contributed by atoms with E-state index < -0.39 is 5.91 Å². The number of carbonyl (C=O) groups excluding carboxylic acids is 1. The van der Waals surface area contributed by atoms with Crippen molar-refractivity contribution in [1.29, 1.82) is 0 Å². The van der Waals surface area contributed by atoms with Crippen LogP contribution in [0.15, 0.2) is 18.2 Å².